The van der Waals surface area contributed by atoms with Crippen molar-refractivity contribution in [3.8, 4) is 0 Å². The second-order valence-electron chi connectivity index (χ2n) is 8.94. The maximum atomic E-state index is 14.6. The number of benzene rings is 3. The zero-order chi connectivity index (χ0) is 24.2. The summed E-state index contributed by atoms with van der Waals surface area (Å²) in [5, 5.41) is 2.83. The van der Waals surface area contributed by atoms with Gasteiger partial charge in [-0.25, -0.2) is 12.8 Å². The molecule has 0 fully saturated rings. The Labute approximate surface area is 195 Å². The van der Waals surface area contributed by atoms with Gasteiger partial charge < -0.3 is 5.32 Å². The fraction of sp³-hybridized carbons (Fsp3) is 0.269. The summed E-state index contributed by atoms with van der Waals surface area (Å²) in [6.45, 7) is 7.64. The highest BCUT2D eigenvalue weighted by molar-refractivity contribution is 7.92. The van der Waals surface area contributed by atoms with Crippen LogP contribution in [-0.4, -0.2) is 20.9 Å². The van der Waals surface area contributed by atoms with E-state index in [4.69, 9.17) is 0 Å². The third-order valence-corrected chi connectivity index (χ3v) is 7.17. The zero-order valence-electron chi connectivity index (χ0n) is 19.2. The van der Waals surface area contributed by atoms with Crippen molar-refractivity contribution in [2.24, 2.45) is 0 Å². The smallest absolute Gasteiger partial charge is 0.264 e. The van der Waals surface area contributed by atoms with Gasteiger partial charge in [0.2, 0.25) is 5.91 Å². The van der Waals surface area contributed by atoms with Crippen LogP contribution in [0.4, 0.5) is 10.1 Å². The molecule has 0 unspecified atom stereocenters. The molecule has 7 heteroatoms. The molecule has 0 aromatic heterocycles. The second kappa shape index (κ2) is 9.75. The Morgan fingerprint density at radius 2 is 1.52 bits per heavy atom. The molecule has 33 heavy (non-hydrogen) atoms. The molecule has 3 aromatic carbocycles. The highest BCUT2D eigenvalue weighted by atomic mass is 32.2. The van der Waals surface area contributed by atoms with E-state index in [1.807, 2.05) is 31.2 Å². The van der Waals surface area contributed by atoms with Crippen LogP contribution in [0.25, 0.3) is 0 Å². The number of hydrogen-bond acceptors (Lipinski definition) is 3. The molecule has 0 aliphatic heterocycles. The normalized spacial score (nSPS) is 12.8. The average Bonchev–Trinajstić information content (AvgIpc) is 2.78. The maximum Gasteiger partial charge on any atom is 0.264 e. The predicted octanol–water partition coefficient (Wildman–Crippen LogP) is 5.20. The van der Waals surface area contributed by atoms with Crippen molar-refractivity contribution in [1.82, 2.24) is 5.32 Å². The number of amides is 1. The molecule has 0 saturated carbocycles. The minimum atomic E-state index is -4.16. The van der Waals surface area contributed by atoms with Crippen molar-refractivity contribution in [3.63, 3.8) is 0 Å². The lowest BCUT2D eigenvalue weighted by Gasteiger charge is -2.25. The van der Waals surface area contributed by atoms with E-state index in [2.05, 4.69) is 26.1 Å². The van der Waals surface area contributed by atoms with Crippen LogP contribution in [0.2, 0.25) is 0 Å². The topological polar surface area (TPSA) is 66.5 Å². The summed E-state index contributed by atoms with van der Waals surface area (Å²) in [5.41, 5.74) is 1.89. The molecule has 0 aliphatic carbocycles. The highest BCUT2D eigenvalue weighted by Crippen LogP contribution is 2.27. The van der Waals surface area contributed by atoms with Gasteiger partial charge in [-0.1, -0.05) is 75.4 Å². The van der Waals surface area contributed by atoms with Gasteiger partial charge in [-0.15, -0.1) is 0 Å². The summed E-state index contributed by atoms with van der Waals surface area (Å²) in [6.07, 6.45) is 0. The molecule has 1 atom stereocenters. The number of rotatable bonds is 7. The molecule has 0 bridgehead atoms. The van der Waals surface area contributed by atoms with Crippen molar-refractivity contribution >= 4 is 21.6 Å². The summed E-state index contributed by atoms with van der Waals surface area (Å²) < 4.78 is 41.9. The van der Waals surface area contributed by atoms with E-state index < -0.39 is 28.3 Å². The van der Waals surface area contributed by atoms with Gasteiger partial charge in [-0.05, 0) is 47.7 Å². The van der Waals surface area contributed by atoms with Gasteiger partial charge in [0.1, 0.15) is 12.4 Å². The van der Waals surface area contributed by atoms with E-state index in [-0.39, 0.29) is 22.0 Å². The number of carbonyl (C=O) groups is 1. The molecule has 0 aliphatic rings. The summed E-state index contributed by atoms with van der Waals surface area (Å²) >= 11 is 0. The monoisotopic (exact) mass is 468 g/mol. The number of halogens is 1. The summed E-state index contributed by atoms with van der Waals surface area (Å²) in [6, 6.07) is 20.8. The Bertz CT molecular complexity index is 1200. The molecule has 3 rings (SSSR count). The largest absolute Gasteiger partial charge is 0.348 e. The van der Waals surface area contributed by atoms with Crippen LogP contribution in [0.15, 0.2) is 83.8 Å². The second-order valence-corrected chi connectivity index (χ2v) is 10.8. The third-order valence-electron chi connectivity index (χ3n) is 5.39. The van der Waals surface area contributed by atoms with Crippen LogP contribution in [0.3, 0.4) is 0 Å². The molecule has 1 amide bonds. The first kappa shape index (κ1) is 24.5. The van der Waals surface area contributed by atoms with E-state index in [0.717, 1.165) is 9.87 Å². The van der Waals surface area contributed by atoms with Crippen molar-refractivity contribution in [1.29, 1.82) is 0 Å². The molecule has 5 nitrogen and oxygen atoms in total. The van der Waals surface area contributed by atoms with E-state index >= 15 is 0 Å². The predicted molar refractivity (Wildman–Crippen MR) is 129 cm³/mol. The van der Waals surface area contributed by atoms with E-state index in [9.17, 15) is 17.6 Å². The molecule has 3 aromatic rings. The van der Waals surface area contributed by atoms with Gasteiger partial charge in [0.25, 0.3) is 10.0 Å². The fourth-order valence-corrected chi connectivity index (χ4v) is 4.90. The van der Waals surface area contributed by atoms with Gasteiger partial charge >= 0.3 is 0 Å². The number of nitrogens with zero attached hydrogens (tertiary/aromatic N) is 1. The lowest BCUT2D eigenvalue weighted by Crippen LogP contribution is -2.42. The van der Waals surface area contributed by atoms with Crippen molar-refractivity contribution < 1.29 is 17.6 Å². The van der Waals surface area contributed by atoms with E-state index in [1.165, 1.54) is 42.0 Å². The van der Waals surface area contributed by atoms with Gasteiger partial charge in [-0.3, -0.25) is 9.10 Å². The molecule has 0 heterocycles. The first-order valence-corrected chi connectivity index (χ1v) is 12.2. The summed E-state index contributed by atoms with van der Waals surface area (Å²) in [4.78, 5) is 12.9. The molecular formula is C26H29FN2O3S. The van der Waals surface area contributed by atoms with Gasteiger partial charge in [0.15, 0.2) is 0 Å². The van der Waals surface area contributed by atoms with Crippen LogP contribution in [0.5, 0.6) is 0 Å². The number of anilines is 1. The Hall–Kier alpha value is -3.19. The molecule has 174 valence electrons. The number of carbonyl (C=O) groups excluding carboxylic acids is 1. The number of nitrogens with one attached hydrogen (secondary N) is 1. The van der Waals surface area contributed by atoms with Crippen LogP contribution in [0.1, 0.15) is 44.9 Å². The third kappa shape index (κ3) is 5.79. The average molecular weight is 469 g/mol. The minimum Gasteiger partial charge on any atom is -0.348 e. The van der Waals surface area contributed by atoms with Crippen molar-refractivity contribution in [3.05, 3.63) is 95.8 Å². The van der Waals surface area contributed by atoms with Crippen LogP contribution < -0.4 is 9.62 Å². The van der Waals surface area contributed by atoms with E-state index in [1.54, 1.807) is 18.2 Å². The first-order valence-electron chi connectivity index (χ1n) is 10.7. The zero-order valence-corrected chi connectivity index (χ0v) is 20.1. The Morgan fingerprint density at radius 3 is 2.09 bits per heavy atom. The Balaban J connectivity index is 1.84. The van der Waals surface area contributed by atoms with E-state index in [0.29, 0.717) is 0 Å². The molecular weight excluding hydrogens is 439 g/mol. The Kier molecular flexibility index (Phi) is 7.22. The van der Waals surface area contributed by atoms with Gasteiger partial charge in [-0.2, -0.15) is 0 Å². The van der Waals surface area contributed by atoms with Gasteiger partial charge in [0, 0.05) is 0 Å². The van der Waals surface area contributed by atoms with Crippen LogP contribution in [0, 0.1) is 5.82 Å². The first-order chi connectivity index (χ1) is 15.5. The molecule has 0 radical (unpaired) electrons. The van der Waals surface area contributed by atoms with Crippen molar-refractivity contribution in [2.75, 3.05) is 10.8 Å². The molecule has 0 spiro atoms. The molecule has 0 saturated heterocycles. The lowest BCUT2D eigenvalue weighted by molar-refractivity contribution is -0.120. The van der Waals surface area contributed by atoms with Gasteiger partial charge in [0.05, 0.1) is 16.6 Å². The quantitative estimate of drug-likeness (QED) is 0.519. The summed E-state index contributed by atoms with van der Waals surface area (Å²) in [7, 11) is -4.16. The Morgan fingerprint density at radius 1 is 0.939 bits per heavy atom. The lowest BCUT2D eigenvalue weighted by atomic mass is 9.86. The number of sulfonamides is 1. The fourth-order valence-electron chi connectivity index (χ4n) is 3.45. The van der Waals surface area contributed by atoms with Crippen LogP contribution in [-0.2, 0) is 20.2 Å². The molecule has 1 N–H and O–H groups in total. The van der Waals surface area contributed by atoms with Crippen molar-refractivity contribution in [2.45, 2.75) is 44.0 Å². The minimum absolute atomic E-state index is 0.0110. The summed E-state index contributed by atoms with van der Waals surface area (Å²) in [5.74, 6) is -1.26. The number of hydrogen-bond donors (Lipinski definition) is 1. The SMILES string of the molecule is C[C@H](NC(=O)CN(c1ccccc1F)S(=O)(=O)c1ccccc1)c1ccc(C(C)(C)C)cc1. The van der Waals surface area contributed by atoms with Crippen LogP contribution >= 0.6 is 0 Å². The highest BCUT2D eigenvalue weighted by Gasteiger charge is 2.29. The maximum absolute atomic E-state index is 14.6. The standard InChI is InChI=1S/C26H29FN2O3S/c1-19(20-14-16-21(17-15-20)26(2,3)4)28-25(30)18-29(24-13-9-8-12-23(24)27)33(31,32)22-10-6-5-7-11-22/h5-17,19H,18H2,1-4H3,(H,28,30)/t19-/m0/s1. The number of para-hydroxylation sites is 1.